The van der Waals surface area contributed by atoms with Crippen LogP contribution in [0, 0.1) is 0 Å². The maximum absolute atomic E-state index is 12.4. The van der Waals surface area contributed by atoms with Gasteiger partial charge < -0.3 is 29.2 Å². The van der Waals surface area contributed by atoms with E-state index in [1.807, 2.05) is 82.1 Å². The molecule has 6 aromatic heterocycles. The normalized spacial score (nSPS) is 18.3. The number of nitrogens with one attached hydrogen (secondary N) is 2. The van der Waals surface area contributed by atoms with E-state index < -0.39 is 11.2 Å². The Bertz CT molecular complexity index is 2540. The summed E-state index contributed by atoms with van der Waals surface area (Å²) in [5, 5.41) is 12.4. The van der Waals surface area contributed by atoms with Gasteiger partial charge in [0.05, 0.1) is 16.4 Å². The third-order valence-electron chi connectivity index (χ3n) is 12.5. The van der Waals surface area contributed by atoms with Crippen molar-refractivity contribution >= 4 is 45.9 Å². The van der Waals surface area contributed by atoms with Crippen LogP contribution in [0.4, 0.5) is 9.59 Å². The number of hydrogen-bond acceptors (Lipinski definition) is 8. The number of pyridine rings is 2. The highest BCUT2D eigenvalue weighted by Gasteiger charge is 2.45. The molecule has 0 aliphatic carbocycles. The number of H-pyrrole nitrogens is 2. The molecule has 310 valence electrons. The van der Waals surface area contributed by atoms with Gasteiger partial charge in [0.1, 0.15) is 22.5 Å². The lowest BCUT2D eigenvalue weighted by Gasteiger charge is -2.39. The highest BCUT2D eigenvalue weighted by atomic mass is 35.5. The van der Waals surface area contributed by atoms with Crippen LogP contribution in [0.5, 0.6) is 0 Å². The number of ether oxygens (including phenoxy) is 2. The average molecular weight is 821 g/mol. The number of aryl methyl sites for hydroxylation is 2. The number of fused-ring (bicyclic) bond motifs is 6. The van der Waals surface area contributed by atoms with Crippen LogP contribution in [0.2, 0.25) is 5.02 Å². The van der Waals surface area contributed by atoms with Gasteiger partial charge in [0, 0.05) is 108 Å². The van der Waals surface area contributed by atoms with Gasteiger partial charge in [0.2, 0.25) is 0 Å². The zero-order valence-electron chi connectivity index (χ0n) is 34.8. The van der Waals surface area contributed by atoms with Gasteiger partial charge in [-0.1, -0.05) is 11.6 Å². The number of carbonyl (C=O) groups excluding carboxylic acids is 2. The molecule has 14 nitrogen and oxygen atoms in total. The van der Waals surface area contributed by atoms with Crippen molar-refractivity contribution in [2.24, 2.45) is 0 Å². The molecule has 2 amide bonds. The van der Waals surface area contributed by atoms with Crippen molar-refractivity contribution in [1.82, 2.24) is 49.3 Å². The van der Waals surface area contributed by atoms with Crippen molar-refractivity contribution in [3.8, 4) is 22.5 Å². The van der Waals surface area contributed by atoms with Crippen LogP contribution in [-0.2, 0) is 33.4 Å². The Balaban J connectivity index is 0.000000152. The molecule has 2 fully saturated rings. The van der Waals surface area contributed by atoms with Gasteiger partial charge in [-0.2, -0.15) is 10.2 Å². The second kappa shape index (κ2) is 14.4. The number of amides is 2. The first-order valence-corrected chi connectivity index (χ1v) is 21.1. The Hall–Kier alpha value is -5.37. The molecule has 2 N–H and O–H groups in total. The number of piperidine rings is 2. The van der Waals surface area contributed by atoms with Crippen LogP contribution in [0.1, 0.15) is 91.5 Å². The molecule has 0 unspecified atom stereocenters. The van der Waals surface area contributed by atoms with Crippen molar-refractivity contribution in [2.75, 3.05) is 26.2 Å². The predicted octanol–water partition coefficient (Wildman–Crippen LogP) is 8.85. The Kier molecular flexibility index (Phi) is 9.56. The molecular weight excluding hydrogens is 768 g/mol. The van der Waals surface area contributed by atoms with Crippen molar-refractivity contribution < 1.29 is 19.1 Å². The number of likely N-dealkylation sites (tertiary alicyclic amines) is 2. The summed E-state index contributed by atoms with van der Waals surface area (Å²) in [6.45, 7) is 16.2. The van der Waals surface area contributed by atoms with Crippen LogP contribution in [-0.4, -0.2) is 98.9 Å². The quantitative estimate of drug-likeness (QED) is 0.176. The zero-order chi connectivity index (χ0) is 41.3. The lowest BCUT2D eigenvalue weighted by molar-refractivity contribution is 0.0153. The van der Waals surface area contributed by atoms with E-state index in [0.717, 1.165) is 109 Å². The molecule has 2 saturated heterocycles. The molecular formula is C44H53ClN10O4. The fourth-order valence-electron chi connectivity index (χ4n) is 9.30. The van der Waals surface area contributed by atoms with E-state index in [1.54, 1.807) is 6.20 Å². The van der Waals surface area contributed by atoms with Gasteiger partial charge in [-0.25, -0.2) is 19.6 Å². The van der Waals surface area contributed by atoms with Crippen LogP contribution in [0.25, 0.3) is 44.6 Å². The first-order chi connectivity index (χ1) is 28.1. The van der Waals surface area contributed by atoms with Crippen LogP contribution in [0.15, 0.2) is 55.1 Å². The van der Waals surface area contributed by atoms with E-state index in [-0.39, 0.29) is 23.0 Å². The summed E-state index contributed by atoms with van der Waals surface area (Å²) < 4.78 is 15.4. The number of aromatic nitrogens is 8. The minimum Gasteiger partial charge on any atom is -0.444 e. The van der Waals surface area contributed by atoms with E-state index in [0.29, 0.717) is 18.1 Å². The first-order valence-electron chi connectivity index (χ1n) is 20.8. The van der Waals surface area contributed by atoms with Gasteiger partial charge >= 0.3 is 12.2 Å². The van der Waals surface area contributed by atoms with E-state index >= 15 is 0 Å². The smallest absolute Gasteiger partial charge is 0.410 e. The number of aromatic amines is 2. The third kappa shape index (κ3) is 7.56. The maximum Gasteiger partial charge on any atom is 0.410 e. The second-order valence-corrected chi connectivity index (χ2v) is 19.1. The summed E-state index contributed by atoms with van der Waals surface area (Å²) in [6, 6.07) is 10.6. The largest absolute Gasteiger partial charge is 0.444 e. The summed E-state index contributed by atoms with van der Waals surface area (Å²) in [5.41, 5.74) is 7.40. The van der Waals surface area contributed by atoms with E-state index in [1.165, 1.54) is 11.4 Å². The Morgan fingerprint density at radius 2 is 1.14 bits per heavy atom. The van der Waals surface area contributed by atoms with Gasteiger partial charge in [-0.15, -0.1) is 0 Å². The second-order valence-electron chi connectivity index (χ2n) is 18.7. The number of carbonyl (C=O) groups is 2. The molecule has 4 aliphatic heterocycles. The van der Waals surface area contributed by atoms with Crippen LogP contribution < -0.4 is 0 Å². The topological polar surface area (TPSA) is 152 Å². The van der Waals surface area contributed by atoms with Crippen molar-refractivity contribution in [2.45, 2.75) is 115 Å². The standard InChI is InChI=1S/C22H26ClN5O2.C22H27N5O2/c1-21(2,3)30-20(29)27-7-4-22(5-8-27)6-9-28-18(22)11-17(26-28)14-10-15-16(23)13-25-19(15)24-12-14;1-21(2,3)29-20(28)26-9-5-22(6-10-26)7-11-27-18(22)13-17(25-27)16-12-15-4-8-23-19(15)24-14-16/h10-13H,4-9H2,1-3H3,(H,24,25);4,8,12-14H,5-7,9-11H2,1-3H3,(H,23,24). The monoisotopic (exact) mass is 820 g/mol. The van der Waals surface area contributed by atoms with E-state index in [9.17, 15) is 9.59 Å². The summed E-state index contributed by atoms with van der Waals surface area (Å²) >= 11 is 6.26. The Morgan fingerprint density at radius 3 is 1.64 bits per heavy atom. The fraction of sp³-hybridized carbons (Fsp3) is 0.500. The van der Waals surface area contributed by atoms with Crippen molar-refractivity contribution in [1.29, 1.82) is 0 Å². The molecule has 10 rings (SSSR count). The maximum atomic E-state index is 12.4. The van der Waals surface area contributed by atoms with Crippen LogP contribution in [0.3, 0.4) is 0 Å². The summed E-state index contributed by atoms with van der Waals surface area (Å²) in [5.74, 6) is 0. The molecule has 10 heterocycles. The summed E-state index contributed by atoms with van der Waals surface area (Å²) in [7, 11) is 0. The molecule has 59 heavy (non-hydrogen) atoms. The van der Waals surface area contributed by atoms with Gasteiger partial charge in [0.15, 0.2) is 0 Å². The van der Waals surface area contributed by atoms with Gasteiger partial charge in [-0.3, -0.25) is 9.36 Å². The van der Waals surface area contributed by atoms with Crippen LogP contribution >= 0.6 is 11.6 Å². The van der Waals surface area contributed by atoms with E-state index in [2.05, 4.69) is 47.5 Å². The summed E-state index contributed by atoms with van der Waals surface area (Å²) in [4.78, 5) is 43.7. The van der Waals surface area contributed by atoms with Gasteiger partial charge in [0.25, 0.3) is 0 Å². The van der Waals surface area contributed by atoms with Gasteiger partial charge in [-0.05, 0) is 110 Å². The SMILES string of the molecule is CC(C)(C)OC(=O)N1CCC2(CC1)CCn1nc(-c3cnc4[nH]cc(Cl)c4c3)cc12.CC(C)(C)OC(=O)N1CCC2(CC1)CCn1nc(-c3cnc4[nH]ccc4c3)cc12. The minimum atomic E-state index is -0.468. The molecule has 6 aromatic rings. The number of halogens is 1. The van der Waals surface area contributed by atoms with E-state index in [4.69, 9.17) is 31.3 Å². The minimum absolute atomic E-state index is 0.0764. The van der Waals surface area contributed by atoms with Crippen molar-refractivity contribution in [3.05, 3.63) is 71.5 Å². The summed E-state index contributed by atoms with van der Waals surface area (Å²) in [6.07, 6.45) is 12.9. The van der Waals surface area contributed by atoms with Crippen molar-refractivity contribution in [3.63, 3.8) is 0 Å². The number of hydrogen-bond donors (Lipinski definition) is 2. The Morgan fingerprint density at radius 1 is 0.661 bits per heavy atom. The first kappa shape index (κ1) is 39.1. The highest BCUT2D eigenvalue weighted by molar-refractivity contribution is 6.35. The molecule has 0 aromatic carbocycles. The number of nitrogens with zero attached hydrogens (tertiary/aromatic N) is 8. The predicted molar refractivity (Wildman–Crippen MR) is 226 cm³/mol. The highest BCUT2D eigenvalue weighted by Crippen LogP contribution is 2.46. The zero-order valence-corrected chi connectivity index (χ0v) is 35.5. The number of rotatable bonds is 2. The molecule has 2 spiro atoms. The lowest BCUT2D eigenvalue weighted by atomic mass is 9.75. The lowest BCUT2D eigenvalue weighted by Crippen LogP contribution is -2.46. The molecule has 4 aliphatic rings. The molecule has 0 atom stereocenters. The average Bonchev–Trinajstić information content (AvgIpc) is 4.05. The molecule has 15 heteroatoms. The molecule has 0 bridgehead atoms. The Labute approximate surface area is 348 Å². The third-order valence-corrected chi connectivity index (χ3v) is 12.8. The fourth-order valence-corrected chi connectivity index (χ4v) is 9.50. The molecule has 0 saturated carbocycles. The molecule has 0 radical (unpaired) electrons.